The SMILES string of the molecule is C#CCC(CC)NS(=O)(=O)c1cnc(Cl)nc1. The van der Waals surface area contributed by atoms with Crippen molar-refractivity contribution in [2.75, 3.05) is 0 Å². The molecule has 1 unspecified atom stereocenters. The van der Waals surface area contributed by atoms with Crippen molar-refractivity contribution in [3.05, 3.63) is 17.7 Å². The first-order valence-electron chi connectivity index (χ1n) is 4.93. The molecule has 0 fully saturated rings. The number of rotatable bonds is 5. The Balaban J connectivity index is 2.89. The molecule has 1 rings (SSSR count). The van der Waals surface area contributed by atoms with E-state index in [9.17, 15) is 8.42 Å². The fourth-order valence-electron chi connectivity index (χ4n) is 1.14. The Morgan fingerprint density at radius 1 is 1.53 bits per heavy atom. The maximum atomic E-state index is 11.9. The van der Waals surface area contributed by atoms with Crippen molar-refractivity contribution in [2.24, 2.45) is 0 Å². The van der Waals surface area contributed by atoms with E-state index in [1.54, 1.807) is 0 Å². The van der Waals surface area contributed by atoms with Crippen molar-refractivity contribution < 1.29 is 8.42 Å². The minimum atomic E-state index is -3.64. The molecular weight excluding hydrogens is 262 g/mol. The van der Waals surface area contributed by atoms with Gasteiger partial charge in [-0.1, -0.05) is 6.92 Å². The number of aromatic nitrogens is 2. The van der Waals surface area contributed by atoms with E-state index < -0.39 is 10.0 Å². The van der Waals surface area contributed by atoms with Gasteiger partial charge in [-0.25, -0.2) is 23.1 Å². The predicted octanol–water partition coefficient (Wildman–Crippen LogP) is 1.21. The first kappa shape index (κ1) is 13.9. The summed E-state index contributed by atoms with van der Waals surface area (Å²) in [4.78, 5) is 7.21. The lowest BCUT2D eigenvalue weighted by molar-refractivity contribution is 0.543. The van der Waals surface area contributed by atoms with Crippen LogP contribution in [0.1, 0.15) is 19.8 Å². The minimum Gasteiger partial charge on any atom is -0.225 e. The molecule has 0 saturated heterocycles. The number of halogens is 1. The van der Waals surface area contributed by atoms with Gasteiger partial charge in [0.2, 0.25) is 15.3 Å². The molecule has 0 aliphatic rings. The zero-order valence-corrected chi connectivity index (χ0v) is 10.8. The maximum Gasteiger partial charge on any atom is 0.243 e. The van der Waals surface area contributed by atoms with Crippen LogP contribution in [0.25, 0.3) is 0 Å². The number of sulfonamides is 1. The van der Waals surface area contributed by atoms with Gasteiger partial charge < -0.3 is 0 Å². The topological polar surface area (TPSA) is 72.0 Å². The first-order chi connectivity index (χ1) is 7.99. The first-order valence-corrected chi connectivity index (χ1v) is 6.79. The van der Waals surface area contributed by atoms with Gasteiger partial charge in [-0.15, -0.1) is 12.3 Å². The van der Waals surface area contributed by atoms with Gasteiger partial charge in [0, 0.05) is 12.5 Å². The highest BCUT2D eigenvalue weighted by atomic mass is 35.5. The van der Waals surface area contributed by atoms with E-state index in [1.165, 1.54) is 0 Å². The zero-order chi connectivity index (χ0) is 12.9. The summed E-state index contributed by atoms with van der Waals surface area (Å²) in [6, 6.07) is -0.291. The molecule has 1 heterocycles. The Morgan fingerprint density at radius 2 is 2.12 bits per heavy atom. The van der Waals surface area contributed by atoms with Crippen LogP contribution in [-0.2, 0) is 10.0 Å². The number of nitrogens with one attached hydrogen (secondary N) is 1. The second-order valence-electron chi connectivity index (χ2n) is 3.32. The Labute approximate surface area is 106 Å². The predicted molar refractivity (Wildman–Crippen MR) is 64.9 cm³/mol. The summed E-state index contributed by atoms with van der Waals surface area (Å²) >= 11 is 5.48. The van der Waals surface area contributed by atoms with Crippen LogP contribution in [0.3, 0.4) is 0 Å². The zero-order valence-electron chi connectivity index (χ0n) is 9.22. The molecule has 92 valence electrons. The van der Waals surface area contributed by atoms with Crippen molar-refractivity contribution in [2.45, 2.75) is 30.7 Å². The van der Waals surface area contributed by atoms with Crippen LogP contribution >= 0.6 is 11.6 Å². The Kier molecular flexibility index (Phi) is 4.87. The molecule has 1 atom stereocenters. The standard InChI is InChI=1S/C10H12ClN3O2S/c1-3-5-8(4-2)14-17(15,16)9-6-12-10(11)13-7-9/h1,6-8,14H,4-5H2,2H3. The fraction of sp³-hybridized carbons (Fsp3) is 0.400. The molecule has 1 N–H and O–H groups in total. The molecular formula is C10H12ClN3O2S. The lowest BCUT2D eigenvalue weighted by atomic mass is 10.2. The summed E-state index contributed by atoms with van der Waals surface area (Å²) in [5, 5.41) is -0.000355. The van der Waals surface area contributed by atoms with Crippen LogP contribution in [0.5, 0.6) is 0 Å². The summed E-state index contributed by atoms with van der Waals surface area (Å²) in [5.74, 6) is 2.42. The number of nitrogens with zero attached hydrogens (tertiary/aromatic N) is 2. The van der Waals surface area contributed by atoms with Crippen molar-refractivity contribution in [3.8, 4) is 12.3 Å². The van der Waals surface area contributed by atoms with Crippen LogP contribution in [0.4, 0.5) is 0 Å². The number of terminal acetylenes is 1. The second-order valence-corrected chi connectivity index (χ2v) is 5.37. The Morgan fingerprint density at radius 3 is 2.59 bits per heavy atom. The van der Waals surface area contributed by atoms with Gasteiger partial charge in [-0.05, 0) is 18.0 Å². The molecule has 0 amide bonds. The molecule has 0 aliphatic carbocycles. The van der Waals surface area contributed by atoms with Gasteiger partial charge in [0.1, 0.15) is 4.90 Å². The third-order valence-electron chi connectivity index (χ3n) is 2.09. The van der Waals surface area contributed by atoms with Gasteiger partial charge in [-0.3, -0.25) is 0 Å². The van der Waals surface area contributed by atoms with Crippen LogP contribution in [0.2, 0.25) is 5.28 Å². The normalized spacial score (nSPS) is 13.0. The average molecular weight is 274 g/mol. The highest BCUT2D eigenvalue weighted by Gasteiger charge is 2.19. The minimum absolute atomic E-state index is 0.000355. The Hall–Kier alpha value is -1.16. The van der Waals surface area contributed by atoms with Gasteiger partial charge in [-0.2, -0.15) is 0 Å². The molecule has 0 radical (unpaired) electrons. The van der Waals surface area contributed by atoms with Crippen LogP contribution in [0.15, 0.2) is 17.3 Å². The van der Waals surface area contributed by atoms with E-state index in [2.05, 4.69) is 20.6 Å². The molecule has 1 aromatic rings. The van der Waals surface area contributed by atoms with Gasteiger partial charge >= 0.3 is 0 Å². The third-order valence-corrected chi connectivity index (χ3v) is 3.76. The van der Waals surface area contributed by atoms with E-state index in [-0.39, 0.29) is 16.2 Å². The maximum absolute atomic E-state index is 11.9. The molecule has 5 nitrogen and oxygen atoms in total. The van der Waals surface area contributed by atoms with Crippen LogP contribution in [-0.4, -0.2) is 24.4 Å². The largest absolute Gasteiger partial charge is 0.243 e. The molecule has 17 heavy (non-hydrogen) atoms. The van der Waals surface area contributed by atoms with Gasteiger partial charge in [0.25, 0.3) is 0 Å². The molecule has 1 aromatic heterocycles. The van der Waals surface area contributed by atoms with Crippen LogP contribution in [0, 0.1) is 12.3 Å². The van der Waals surface area contributed by atoms with E-state index in [0.717, 1.165) is 12.4 Å². The summed E-state index contributed by atoms with van der Waals surface area (Å²) in [7, 11) is -3.64. The molecule has 0 aromatic carbocycles. The fourth-order valence-corrected chi connectivity index (χ4v) is 2.44. The quantitative estimate of drug-likeness (QED) is 0.647. The average Bonchev–Trinajstić information content (AvgIpc) is 2.28. The molecule has 0 bridgehead atoms. The summed E-state index contributed by atoms with van der Waals surface area (Å²) in [6.07, 6.45) is 8.41. The highest BCUT2D eigenvalue weighted by Crippen LogP contribution is 2.10. The van der Waals surface area contributed by atoms with E-state index in [4.69, 9.17) is 18.0 Å². The Bertz CT molecular complexity index is 507. The van der Waals surface area contributed by atoms with Gasteiger partial charge in [0.15, 0.2) is 0 Å². The van der Waals surface area contributed by atoms with Crippen molar-refractivity contribution in [1.82, 2.24) is 14.7 Å². The molecule has 7 heteroatoms. The lowest BCUT2D eigenvalue weighted by Gasteiger charge is -2.13. The lowest BCUT2D eigenvalue weighted by Crippen LogP contribution is -2.34. The summed E-state index contributed by atoms with van der Waals surface area (Å²) < 4.78 is 26.3. The van der Waals surface area contributed by atoms with E-state index in [1.807, 2.05) is 6.92 Å². The van der Waals surface area contributed by atoms with E-state index in [0.29, 0.717) is 12.8 Å². The monoisotopic (exact) mass is 273 g/mol. The summed E-state index contributed by atoms with van der Waals surface area (Å²) in [5.41, 5.74) is 0. The molecule has 0 spiro atoms. The third kappa shape index (κ3) is 3.97. The molecule has 0 aliphatic heterocycles. The number of hydrogen-bond donors (Lipinski definition) is 1. The van der Waals surface area contributed by atoms with Crippen molar-refractivity contribution >= 4 is 21.6 Å². The molecule has 0 saturated carbocycles. The van der Waals surface area contributed by atoms with Crippen molar-refractivity contribution in [1.29, 1.82) is 0 Å². The van der Waals surface area contributed by atoms with Gasteiger partial charge in [0.05, 0.1) is 12.4 Å². The second kappa shape index (κ2) is 5.96. The summed E-state index contributed by atoms with van der Waals surface area (Å²) in [6.45, 7) is 1.85. The highest BCUT2D eigenvalue weighted by molar-refractivity contribution is 7.89. The van der Waals surface area contributed by atoms with E-state index >= 15 is 0 Å². The van der Waals surface area contributed by atoms with Crippen LogP contribution < -0.4 is 4.72 Å². The van der Waals surface area contributed by atoms with Crippen molar-refractivity contribution in [3.63, 3.8) is 0 Å². The smallest absolute Gasteiger partial charge is 0.225 e. The number of hydrogen-bond acceptors (Lipinski definition) is 4.